The second-order valence-electron chi connectivity index (χ2n) is 7.03. The summed E-state index contributed by atoms with van der Waals surface area (Å²) < 4.78 is 5.47. The monoisotopic (exact) mass is 255 g/mol. The molecular weight excluding hydrogens is 230 g/mol. The van der Waals surface area contributed by atoms with Crippen molar-refractivity contribution in [3.63, 3.8) is 0 Å². The number of fused-ring (bicyclic) bond motifs is 1. The summed E-state index contributed by atoms with van der Waals surface area (Å²) in [4.78, 5) is 14.1. The minimum absolute atomic E-state index is 0.0641. The Balaban J connectivity index is 2.06. The fraction of sp³-hybridized carbons (Fsp3) is 0.929. The van der Waals surface area contributed by atoms with E-state index in [0.717, 1.165) is 32.2 Å². The van der Waals surface area contributed by atoms with Gasteiger partial charge in [-0.3, -0.25) is 0 Å². The first-order chi connectivity index (χ1) is 8.21. The summed E-state index contributed by atoms with van der Waals surface area (Å²) in [5, 5.41) is 9.80. The fourth-order valence-electron chi connectivity index (χ4n) is 3.35. The quantitative estimate of drug-likeness (QED) is 0.723. The Morgan fingerprint density at radius 1 is 1.39 bits per heavy atom. The number of aliphatic hydroxyl groups excluding tert-OH is 1. The van der Waals surface area contributed by atoms with Gasteiger partial charge < -0.3 is 14.7 Å². The van der Waals surface area contributed by atoms with Crippen molar-refractivity contribution in [2.75, 3.05) is 6.54 Å². The van der Waals surface area contributed by atoms with Crippen molar-refractivity contribution in [3.05, 3.63) is 0 Å². The average Bonchev–Trinajstić information content (AvgIpc) is 2.51. The van der Waals surface area contributed by atoms with Gasteiger partial charge in [-0.15, -0.1) is 0 Å². The summed E-state index contributed by atoms with van der Waals surface area (Å²) in [6, 6.07) is 0.232. The molecule has 0 aromatic heterocycles. The van der Waals surface area contributed by atoms with Crippen LogP contribution in [0, 0.1) is 5.41 Å². The summed E-state index contributed by atoms with van der Waals surface area (Å²) in [7, 11) is 0. The minimum Gasteiger partial charge on any atom is -0.444 e. The SMILES string of the molecule is CC(C)(C)OC(=O)N1CC[C@@]2(C)C[C@@H](O)CC[C@@H]12. The molecule has 1 amide bonds. The highest BCUT2D eigenvalue weighted by Crippen LogP contribution is 2.46. The highest BCUT2D eigenvalue weighted by molar-refractivity contribution is 5.69. The number of ether oxygens (including phenoxy) is 1. The highest BCUT2D eigenvalue weighted by Gasteiger charge is 2.49. The maximum Gasteiger partial charge on any atom is 0.410 e. The zero-order valence-corrected chi connectivity index (χ0v) is 11.9. The first-order valence-corrected chi connectivity index (χ1v) is 6.89. The first-order valence-electron chi connectivity index (χ1n) is 6.89. The van der Waals surface area contributed by atoms with Crippen LogP contribution in [-0.2, 0) is 4.74 Å². The molecule has 2 fully saturated rings. The van der Waals surface area contributed by atoms with Gasteiger partial charge in [-0.1, -0.05) is 6.92 Å². The normalized spacial score (nSPS) is 36.4. The van der Waals surface area contributed by atoms with Gasteiger partial charge in [-0.05, 0) is 51.9 Å². The Morgan fingerprint density at radius 3 is 2.67 bits per heavy atom. The predicted octanol–water partition coefficient (Wildman–Crippen LogP) is 2.55. The Kier molecular flexibility index (Phi) is 3.34. The van der Waals surface area contributed by atoms with Gasteiger partial charge >= 0.3 is 6.09 Å². The van der Waals surface area contributed by atoms with Crippen molar-refractivity contribution in [2.45, 2.75) is 71.1 Å². The summed E-state index contributed by atoms with van der Waals surface area (Å²) in [5.74, 6) is 0. The molecule has 1 aliphatic heterocycles. The second-order valence-corrected chi connectivity index (χ2v) is 7.03. The molecule has 0 bridgehead atoms. The standard InChI is InChI=1S/C14H25NO3/c1-13(2,3)18-12(17)15-8-7-14(4)9-10(16)5-6-11(14)15/h10-11,16H,5-9H2,1-4H3/t10-,11+,14-/m0/s1. The van der Waals surface area contributed by atoms with E-state index < -0.39 is 5.60 Å². The van der Waals surface area contributed by atoms with Gasteiger partial charge in [0.05, 0.1) is 6.10 Å². The van der Waals surface area contributed by atoms with Crippen LogP contribution in [-0.4, -0.2) is 40.4 Å². The van der Waals surface area contributed by atoms with Crippen LogP contribution in [0.5, 0.6) is 0 Å². The third-order valence-electron chi connectivity index (χ3n) is 4.21. The van der Waals surface area contributed by atoms with E-state index in [1.165, 1.54) is 0 Å². The molecule has 0 unspecified atom stereocenters. The lowest BCUT2D eigenvalue weighted by atomic mass is 9.71. The molecule has 3 atom stereocenters. The number of carbonyl (C=O) groups is 1. The van der Waals surface area contributed by atoms with Crippen molar-refractivity contribution in [2.24, 2.45) is 5.41 Å². The zero-order chi connectivity index (χ0) is 13.6. The molecule has 2 aliphatic rings. The second kappa shape index (κ2) is 4.41. The van der Waals surface area contributed by atoms with E-state index in [1.807, 2.05) is 25.7 Å². The molecular formula is C14H25NO3. The third kappa shape index (κ3) is 2.63. The number of carbonyl (C=O) groups excluding carboxylic acids is 1. The molecule has 1 N–H and O–H groups in total. The van der Waals surface area contributed by atoms with Gasteiger partial charge in [0.25, 0.3) is 0 Å². The largest absolute Gasteiger partial charge is 0.444 e. The average molecular weight is 255 g/mol. The number of rotatable bonds is 0. The lowest BCUT2D eigenvalue weighted by Crippen LogP contribution is -2.47. The molecule has 0 aromatic carbocycles. The number of aliphatic hydroxyl groups is 1. The Hall–Kier alpha value is -0.770. The van der Waals surface area contributed by atoms with Gasteiger partial charge in [-0.2, -0.15) is 0 Å². The highest BCUT2D eigenvalue weighted by atomic mass is 16.6. The van der Waals surface area contributed by atoms with E-state index in [4.69, 9.17) is 4.74 Å². The molecule has 1 heterocycles. The van der Waals surface area contributed by atoms with Crippen LogP contribution in [0.2, 0.25) is 0 Å². The van der Waals surface area contributed by atoms with E-state index in [2.05, 4.69) is 6.92 Å². The molecule has 0 aromatic rings. The van der Waals surface area contributed by atoms with Gasteiger partial charge in [0.2, 0.25) is 0 Å². The van der Waals surface area contributed by atoms with Gasteiger partial charge in [-0.25, -0.2) is 4.79 Å². The lowest BCUT2D eigenvalue weighted by molar-refractivity contribution is -0.00539. The van der Waals surface area contributed by atoms with Crippen LogP contribution in [0.4, 0.5) is 4.79 Å². The van der Waals surface area contributed by atoms with E-state index in [9.17, 15) is 9.90 Å². The van der Waals surface area contributed by atoms with Gasteiger partial charge in [0, 0.05) is 12.6 Å². The molecule has 2 rings (SSSR count). The van der Waals surface area contributed by atoms with E-state index >= 15 is 0 Å². The molecule has 104 valence electrons. The van der Waals surface area contributed by atoms with Crippen molar-refractivity contribution in [1.29, 1.82) is 0 Å². The predicted molar refractivity (Wildman–Crippen MR) is 69.3 cm³/mol. The zero-order valence-electron chi connectivity index (χ0n) is 11.9. The van der Waals surface area contributed by atoms with Gasteiger partial charge in [0.1, 0.15) is 5.60 Å². The van der Waals surface area contributed by atoms with E-state index in [1.54, 1.807) is 0 Å². The van der Waals surface area contributed by atoms with Crippen molar-refractivity contribution in [3.8, 4) is 0 Å². The Labute approximate surface area is 109 Å². The summed E-state index contributed by atoms with van der Waals surface area (Å²) in [6.07, 6.45) is 3.04. The summed E-state index contributed by atoms with van der Waals surface area (Å²) >= 11 is 0. The maximum absolute atomic E-state index is 12.2. The van der Waals surface area contributed by atoms with Crippen LogP contribution < -0.4 is 0 Å². The van der Waals surface area contributed by atoms with Crippen LogP contribution in [0.1, 0.15) is 53.4 Å². The van der Waals surface area contributed by atoms with E-state index in [-0.39, 0.29) is 23.7 Å². The van der Waals surface area contributed by atoms with Crippen LogP contribution in [0.25, 0.3) is 0 Å². The molecule has 1 saturated heterocycles. The van der Waals surface area contributed by atoms with Crippen LogP contribution >= 0.6 is 0 Å². The fourth-order valence-corrected chi connectivity index (χ4v) is 3.35. The van der Waals surface area contributed by atoms with Crippen LogP contribution in [0.3, 0.4) is 0 Å². The van der Waals surface area contributed by atoms with E-state index in [0.29, 0.717) is 0 Å². The van der Waals surface area contributed by atoms with Crippen molar-refractivity contribution in [1.82, 2.24) is 4.90 Å². The molecule has 4 heteroatoms. The minimum atomic E-state index is -0.440. The third-order valence-corrected chi connectivity index (χ3v) is 4.21. The Bertz CT molecular complexity index is 336. The maximum atomic E-state index is 12.2. The summed E-state index contributed by atoms with van der Waals surface area (Å²) in [5.41, 5.74) is -0.376. The molecule has 0 radical (unpaired) electrons. The number of hydrogen-bond donors (Lipinski definition) is 1. The number of hydrogen-bond acceptors (Lipinski definition) is 3. The molecule has 1 saturated carbocycles. The molecule has 1 aliphatic carbocycles. The molecule has 0 spiro atoms. The summed E-state index contributed by atoms with van der Waals surface area (Å²) in [6.45, 7) is 8.62. The van der Waals surface area contributed by atoms with Crippen LogP contribution in [0.15, 0.2) is 0 Å². The topological polar surface area (TPSA) is 49.8 Å². The first kappa shape index (κ1) is 13.7. The van der Waals surface area contributed by atoms with Crippen molar-refractivity contribution < 1.29 is 14.6 Å². The number of amides is 1. The van der Waals surface area contributed by atoms with Gasteiger partial charge in [0.15, 0.2) is 0 Å². The number of likely N-dealkylation sites (tertiary alicyclic amines) is 1. The lowest BCUT2D eigenvalue weighted by Gasteiger charge is -2.41. The smallest absolute Gasteiger partial charge is 0.410 e. The molecule has 18 heavy (non-hydrogen) atoms. The Morgan fingerprint density at radius 2 is 2.06 bits per heavy atom. The van der Waals surface area contributed by atoms with Crippen molar-refractivity contribution >= 4 is 6.09 Å². The molecule has 4 nitrogen and oxygen atoms in total. The number of nitrogens with zero attached hydrogens (tertiary/aromatic N) is 1.